The summed E-state index contributed by atoms with van der Waals surface area (Å²) in [6.45, 7) is 1.35. The minimum atomic E-state index is -0.985. The lowest BCUT2D eigenvalue weighted by Crippen LogP contribution is -2.26. The Morgan fingerprint density at radius 1 is 1.17 bits per heavy atom. The Bertz CT molecular complexity index is 730. The first-order valence-electron chi connectivity index (χ1n) is 7.47. The average Bonchev–Trinajstić information content (AvgIpc) is 3.09. The number of hydrogen-bond donors (Lipinski definition) is 3. The molecular formula is C17H17N3O3S. The molecule has 3 rings (SSSR count). The van der Waals surface area contributed by atoms with Crippen LogP contribution in [0.2, 0.25) is 0 Å². The van der Waals surface area contributed by atoms with Crippen molar-refractivity contribution in [2.24, 2.45) is 4.99 Å². The summed E-state index contributed by atoms with van der Waals surface area (Å²) >= 11 is 1.63. The highest BCUT2D eigenvalue weighted by atomic mass is 32.2. The Morgan fingerprint density at radius 3 is 2.42 bits per heavy atom. The highest BCUT2D eigenvalue weighted by Gasteiger charge is 2.05. The maximum atomic E-state index is 10.5. The summed E-state index contributed by atoms with van der Waals surface area (Å²) in [6.07, 6.45) is 0. The first-order chi connectivity index (χ1) is 11.7. The Labute approximate surface area is 143 Å². The molecule has 2 aromatic rings. The second-order valence-electron chi connectivity index (χ2n) is 5.06. The Hall–Kier alpha value is -2.67. The number of benzene rings is 2. The first-order valence-corrected chi connectivity index (χ1v) is 8.28. The van der Waals surface area contributed by atoms with E-state index in [0.717, 1.165) is 34.5 Å². The molecule has 0 radical (unpaired) electrons. The van der Waals surface area contributed by atoms with E-state index in [4.69, 9.17) is 9.84 Å². The van der Waals surface area contributed by atoms with Gasteiger partial charge in [-0.15, -0.1) is 0 Å². The minimum absolute atomic E-state index is 0.332. The van der Waals surface area contributed by atoms with Crippen molar-refractivity contribution < 1.29 is 14.6 Å². The molecule has 1 heterocycles. The molecule has 0 amide bonds. The minimum Gasteiger partial charge on any atom is -0.482 e. The van der Waals surface area contributed by atoms with E-state index in [0.29, 0.717) is 5.75 Å². The van der Waals surface area contributed by atoms with Gasteiger partial charge in [-0.25, -0.2) is 4.79 Å². The predicted molar refractivity (Wildman–Crippen MR) is 94.1 cm³/mol. The Morgan fingerprint density at radius 2 is 1.83 bits per heavy atom. The number of rotatable bonds is 6. The fraction of sp³-hybridized carbons (Fsp3) is 0.176. The van der Waals surface area contributed by atoms with E-state index < -0.39 is 5.97 Å². The molecule has 0 aliphatic carbocycles. The average molecular weight is 343 g/mol. The number of anilines is 1. The number of carboxylic acids is 1. The quantitative estimate of drug-likeness (QED) is 0.748. The van der Waals surface area contributed by atoms with Crippen molar-refractivity contribution in [2.45, 2.75) is 9.79 Å². The van der Waals surface area contributed by atoms with Crippen LogP contribution in [0.3, 0.4) is 0 Å². The highest BCUT2D eigenvalue weighted by Crippen LogP contribution is 2.29. The highest BCUT2D eigenvalue weighted by molar-refractivity contribution is 7.99. The summed E-state index contributed by atoms with van der Waals surface area (Å²) in [5.41, 5.74) is 0.991. The Kier molecular flexibility index (Phi) is 5.22. The van der Waals surface area contributed by atoms with Crippen LogP contribution in [0.25, 0.3) is 0 Å². The van der Waals surface area contributed by atoms with Gasteiger partial charge in [0.1, 0.15) is 5.75 Å². The zero-order valence-electron chi connectivity index (χ0n) is 12.9. The molecule has 2 aromatic carbocycles. The van der Waals surface area contributed by atoms with E-state index in [9.17, 15) is 4.79 Å². The number of nitrogens with one attached hydrogen (secondary N) is 2. The van der Waals surface area contributed by atoms with Crippen LogP contribution in [-0.4, -0.2) is 36.7 Å². The van der Waals surface area contributed by atoms with Crippen LogP contribution in [0.1, 0.15) is 0 Å². The molecular weight excluding hydrogens is 326 g/mol. The van der Waals surface area contributed by atoms with Crippen molar-refractivity contribution in [3.63, 3.8) is 0 Å². The number of carbonyl (C=O) groups is 1. The van der Waals surface area contributed by atoms with E-state index in [1.807, 2.05) is 36.4 Å². The van der Waals surface area contributed by atoms with E-state index in [1.165, 1.54) is 0 Å². The number of nitrogens with zero attached hydrogens (tertiary/aromatic N) is 1. The van der Waals surface area contributed by atoms with E-state index in [1.54, 1.807) is 23.9 Å². The summed E-state index contributed by atoms with van der Waals surface area (Å²) in [4.78, 5) is 16.9. The summed E-state index contributed by atoms with van der Waals surface area (Å²) in [6, 6.07) is 15.5. The molecule has 0 atom stereocenters. The zero-order chi connectivity index (χ0) is 16.8. The summed E-state index contributed by atoms with van der Waals surface area (Å²) < 4.78 is 5.12. The van der Waals surface area contributed by atoms with Crippen molar-refractivity contribution >= 4 is 29.4 Å². The fourth-order valence-corrected chi connectivity index (χ4v) is 2.93. The molecule has 124 valence electrons. The fourth-order valence-electron chi connectivity index (χ4n) is 2.11. The molecule has 0 aromatic heterocycles. The lowest BCUT2D eigenvalue weighted by Gasteiger charge is -2.08. The van der Waals surface area contributed by atoms with Crippen molar-refractivity contribution in [3.8, 4) is 5.75 Å². The molecule has 7 heteroatoms. The lowest BCUT2D eigenvalue weighted by atomic mass is 10.3. The molecule has 6 nitrogen and oxygen atoms in total. The van der Waals surface area contributed by atoms with Crippen molar-refractivity contribution in [1.29, 1.82) is 0 Å². The lowest BCUT2D eigenvalue weighted by molar-refractivity contribution is -0.139. The second kappa shape index (κ2) is 7.74. The molecule has 24 heavy (non-hydrogen) atoms. The number of hydrogen-bond acceptors (Lipinski definition) is 6. The van der Waals surface area contributed by atoms with Gasteiger partial charge in [-0.05, 0) is 48.5 Å². The molecule has 0 spiro atoms. The third kappa shape index (κ3) is 4.66. The summed E-state index contributed by atoms with van der Waals surface area (Å²) in [5, 5.41) is 15.0. The van der Waals surface area contributed by atoms with E-state index in [2.05, 4.69) is 15.6 Å². The second-order valence-corrected chi connectivity index (χ2v) is 6.21. The van der Waals surface area contributed by atoms with Gasteiger partial charge in [-0.3, -0.25) is 4.99 Å². The third-order valence-corrected chi connectivity index (χ3v) is 4.23. The van der Waals surface area contributed by atoms with E-state index in [-0.39, 0.29) is 6.61 Å². The molecule has 1 aliphatic heterocycles. The summed E-state index contributed by atoms with van der Waals surface area (Å²) in [5.74, 6) is 0.374. The maximum absolute atomic E-state index is 10.5. The smallest absolute Gasteiger partial charge is 0.341 e. The molecule has 0 bridgehead atoms. The van der Waals surface area contributed by atoms with Crippen LogP contribution in [-0.2, 0) is 4.79 Å². The van der Waals surface area contributed by atoms with Crippen LogP contribution in [0.4, 0.5) is 5.69 Å². The molecule has 0 saturated carbocycles. The van der Waals surface area contributed by atoms with Crippen LogP contribution < -0.4 is 15.4 Å². The number of aliphatic carboxylic acids is 1. The van der Waals surface area contributed by atoms with Gasteiger partial charge in [-0.1, -0.05) is 11.8 Å². The zero-order valence-corrected chi connectivity index (χ0v) is 13.7. The Balaban J connectivity index is 1.56. The van der Waals surface area contributed by atoms with Crippen molar-refractivity contribution in [3.05, 3.63) is 48.5 Å². The van der Waals surface area contributed by atoms with Gasteiger partial charge >= 0.3 is 5.97 Å². The van der Waals surface area contributed by atoms with Crippen molar-refractivity contribution in [2.75, 3.05) is 25.0 Å². The standard InChI is InChI=1S/C17H17N3O3S/c21-16(22)11-23-13-3-7-15(8-4-13)24-14-5-1-12(2-6-14)20-17-18-9-10-19-17/h1-8H,9-11H2,(H,21,22)(H2,18,19,20). The van der Waals surface area contributed by atoms with Crippen LogP contribution in [0.15, 0.2) is 63.3 Å². The molecule has 3 N–H and O–H groups in total. The van der Waals surface area contributed by atoms with Gasteiger partial charge in [0, 0.05) is 22.0 Å². The van der Waals surface area contributed by atoms with E-state index >= 15 is 0 Å². The monoisotopic (exact) mass is 343 g/mol. The number of ether oxygens (including phenoxy) is 1. The number of guanidine groups is 1. The van der Waals surface area contributed by atoms with Gasteiger partial charge < -0.3 is 20.5 Å². The predicted octanol–water partition coefficient (Wildman–Crippen LogP) is 2.67. The van der Waals surface area contributed by atoms with Gasteiger partial charge in [-0.2, -0.15) is 0 Å². The van der Waals surface area contributed by atoms with Crippen LogP contribution in [0, 0.1) is 0 Å². The van der Waals surface area contributed by atoms with Gasteiger partial charge in [0.25, 0.3) is 0 Å². The normalized spacial score (nSPS) is 13.1. The van der Waals surface area contributed by atoms with Gasteiger partial charge in [0.15, 0.2) is 12.6 Å². The topological polar surface area (TPSA) is 83.0 Å². The number of aliphatic imine (C=N–C) groups is 1. The third-order valence-electron chi connectivity index (χ3n) is 3.21. The molecule has 0 unspecified atom stereocenters. The van der Waals surface area contributed by atoms with Crippen molar-refractivity contribution in [1.82, 2.24) is 5.32 Å². The largest absolute Gasteiger partial charge is 0.482 e. The van der Waals surface area contributed by atoms with Crippen LogP contribution in [0.5, 0.6) is 5.75 Å². The maximum Gasteiger partial charge on any atom is 0.341 e. The first kappa shape index (κ1) is 16.2. The number of carboxylic acid groups (broad SMARTS) is 1. The van der Waals surface area contributed by atoms with Gasteiger partial charge in [0.2, 0.25) is 0 Å². The van der Waals surface area contributed by atoms with Gasteiger partial charge in [0.05, 0.1) is 6.54 Å². The molecule has 1 aliphatic rings. The van der Waals surface area contributed by atoms with Crippen LogP contribution >= 0.6 is 11.8 Å². The SMILES string of the molecule is O=C(O)COc1ccc(Sc2ccc(NC3=NCCN3)cc2)cc1. The molecule has 0 saturated heterocycles. The summed E-state index contributed by atoms with van der Waals surface area (Å²) in [7, 11) is 0. The molecule has 0 fully saturated rings.